The zero-order valence-corrected chi connectivity index (χ0v) is 14.4. The molecule has 20 heavy (non-hydrogen) atoms. The molecule has 1 N–H and O–H groups in total. The van der Waals surface area contributed by atoms with Crippen molar-refractivity contribution in [2.75, 3.05) is 26.2 Å². The molecule has 1 aliphatic heterocycles. The molecule has 1 atom stereocenters. The first-order valence-electron chi connectivity index (χ1n) is 6.97. The zero-order chi connectivity index (χ0) is 13.8. The summed E-state index contributed by atoms with van der Waals surface area (Å²) in [6, 6.07) is 5.44. The van der Waals surface area contributed by atoms with Crippen molar-refractivity contribution in [1.82, 2.24) is 10.2 Å². The number of halogens is 3. The molecule has 5 heteroatoms. The van der Waals surface area contributed by atoms with Crippen molar-refractivity contribution in [3.8, 4) is 0 Å². The van der Waals surface area contributed by atoms with Gasteiger partial charge in [0.25, 0.3) is 0 Å². The fraction of sp³-hybridized carbons (Fsp3) is 0.600. The number of hydrogen-bond acceptors (Lipinski definition) is 2. The lowest BCUT2D eigenvalue weighted by molar-refractivity contribution is 0.153. The van der Waals surface area contributed by atoms with Gasteiger partial charge in [0.05, 0.1) is 0 Å². The van der Waals surface area contributed by atoms with E-state index >= 15 is 0 Å². The Morgan fingerprint density at radius 2 is 1.95 bits per heavy atom. The number of piperazine rings is 1. The van der Waals surface area contributed by atoms with Gasteiger partial charge in [-0.2, -0.15) is 0 Å². The van der Waals surface area contributed by atoms with Crippen LogP contribution in [0.3, 0.4) is 0 Å². The van der Waals surface area contributed by atoms with Crippen LogP contribution in [-0.2, 0) is 0 Å². The third kappa shape index (κ3) is 4.69. The Morgan fingerprint density at radius 1 is 1.30 bits per heavy atom. The Balaban J connectivity index is 0.00000200. The summed E-state index contributed by atoms with van der Waals surface area (Å²) in [7, 11) is 0. The molecule has 0 spiro atoms. The molecule has 1 heterocycles. The van der Waals surface area contributed by atoms with Crippen LogP contribution in [0.2, 0.25) is 0 Å². The van der Waals surface area contributed by atoms with Crippen molar-refractivity contribution < 1.29 is 4.39 Å². The highest BCUT2D eigenvalue weighted by Gasteiger charge is 2.24. The Bertz CT molecular complexity index is 422. The normalized spacial score (nSPS) is 17.9. The molecule has 0 amide bonds. The topological polar surface area (TPSA) is 15.3 Å². The molecule has 114 valence electrons. The van der Waals surface area contributed by atoms with Gasteiger partial charge in [-0.1, -0.05) is 35.8 Å². The van der Waals surface area contributed by atoms with Crippen molar-refractivity contribution in [2.45, 2.75) is 26.3 Å². The molecule has 1 saturated heterocycles. The summed E-state index contributed by atoms with van der Waals surface area (Å²) in [5.74, 6) is 0.441. The van der Waals surface area contributed by atoms with E-state index in [4.69, 9.17) is 0 Å². The average Bonchev–Trinajstić information content (AvgIpc) is 2.37. The molecule has 1 aromatic carbocycles. The van der Waals surface area contributed by atoms with E-state index in [1.807, 2.05) is 6.07 Å². The first-order valence-corrected chi connectivity index (χ1v) is 7.77. The van der Waals surface area contributed by atoms with Gasteiger partial charge in [-0.15, -0.1) is 12.4 Å². The molecule has 0 aromatic heterocycles. The van der Waals surface area contributed by atoms with E-state index in [2.05, 4.69) is 40.0 Å². The molecule has 2 rings (SSSR count). The van der Waals surface area contributed by atoms with Crippen molar-refractivity contribution in [3.63, 3.8) is 0 Å². The predicted octanol–water partition coefficient (Wildman–Crippen LogP) is 4.00. The van der Waals surface area contributed by atoms with Crippen LogP contribution < -0.4 is 5.32 Å². The summed E-state index contributed by atoms with van der Waals surface area (Å²) in [4.78, 5) is 2.51. The third-order valence-corrected chi connectivity index (χ3v) is 4.30. The van der Waals surface area contributed by atoms with Gasteiger partial charge in [0.15, 0.2) is 0 Å². The molecule has 1 aliphatic rings. The van der Waals surface area contributed by atoms with Gasteiger partial charge in [-0.3, -0.25) is 4.90 Å². The molecule has 2 nitrogen and oxygen atoms in total. The van der Waals surface area contributed by atoms with E-state index < -0.39 is 0 Å². The standard InChI is InChI=1S/C15H22BrFN2.ClH/c1-11(2)9-15(19-7-5-18-6-8-19)13-4-3-12(17)10-14(13)16;/h3-4,10-11,15,18H,5-9H2,1-2H3;1H/t15-;/m1./s1. The highest BCUT2D eigenvalue weighted by atomic mass is 79.9. The molecular weight excluding hydrogens is 343 g/mol. The largest absolute Gasteiger partial charge is 0.314 e. The quantitative estimate of drug-likeness (QED) is 0.867. The summed E-state index contributed by atoms with van der Waals surface area (Å²) in [6.45, 7) is 8.67. The Morgan fingerprint density at radius 3 is 2.50 bits per heavy atom. The maximum absolute atomic E-state index is 13.3. The molecule has 1 aromatic rings. The van der Waals surface area contributed by atoms with Crippen LogP contribution in [-0.4, -0.2) is 31.1 Å². The Hall–Kier alpha value is -0.160. The smallest absolute Gasteiger partial charge is 0.124 e. The summed E-state index contributed by atoms with van der Waals surface area (Å²) >= 11 is 3.52. The first-order chi connectivity index (χ1) is 9.08. The minimum atomic E-state index is -0.181. The van der Waals surface area contributed by atoms with Crippen molar-refractivity contribution in [2.24, 2.45) is 5.92 Å². The number of rotatable bonds is 4. The summed E-state index contributed by atoms with van der Waals surface area (Å²) in [5.41, 5.74) is 1.21. The lowest BCUT2D eigenvalue weighted by Gasteiger charge is -2.36. The van der Waals surface area contributed by atoms with E-state index in [0.717, 1.165) is 37.1 Å². The summed E-state index contributed by atoms with van der Waals surface area (Å²) in [6.07, 6.45) is 1.10. The zero-order valence-electron chi connectivity index (χ0n) is 12.0. The third-order valence-electron chi connectivity index (χ3n) is 3.61. The van der Waals surface area contributed by atoms with Crippen LogP contribution in [0, 0.1) is 11.7 Å². The van der Waals surface area contributed by atoms with Gasteiger partial charge in [0.2, 0.25) is 0 Å². The SMILES string of the molecule is CC(C)C[C@H](c1ccc(F)cc1Br)N1CCNCC1.Cl. The molecule has 0 aliphatic carbocycles. The Kier molecular flexibility index (Phi) is 7.45. The van der Waals surface area contributed by atoms with Crippen molar-refractivity contribution in [1.29, 1.82) is 0 Å². The highest BCUT2D eigenvalue weighted by molar-refractivity contribution is 9.10. The molecule has 1 fully saturated rings. The number of nitrogens with zero attached hydrogens (tertiary/aromatic N) is 1. The minimum Gasteiger partial charge on any atom is -0.314 e. The van der Waals surface area contributed by atoms with E-state index in [1.165, 1.54) is 5.56 Å². The van der Waals surface area contributed by atoms with Crippen LogP contribution in [0.15, 0.2) is 22.7 Å². The van der Waals surface area contributed by atoms with Gasteiger partial charge in [-0.25, -0.2) is 4.39 Å². The molecule has 0 saturated carbocycles. The van der Waals surface area contributed by atoms with Gasteiger partial charge in [0, 0.05) is 36.7 Å². The highest BCUT2D eigenvalue weighted by Crippen LogP contribution is 2.33. The minimum absolute atomic E-state index is 0. The maximum Gasteiger partial charge on any atom is 0.124 e. The number of benzene rings is 1. The second kappa shape index (κ2) is 8.32. The maximum atomic E-state index is 13.3. The van der Waals surface area contributed by atoms with E-state index in [9.17, 15) is 4.39 Å². The molecule has 0 bridgehead atoms. The lowest BCUT2D eigenvalue weighted by Crippen LogP contribution is -2.45. The lowest BCUT2D eigenvalue weighted by atomic mass is 9.95. The second-order valence-corrected chi connectivity index (χ2v) is 6.45. The van der Waals surface area contributed by atoms with E-state index in [-0.39, 0.29) is 18.2 Å². The van der Waals surface area contributed by atoms with Gasteiger partial charge in [0.1, 0.15) is 5.82 Å². The van der Waals surface area contributed by atoms with Crippen LogP contribution in [0.5, 0.6) is 0 Å². The van der Waals surface area contributed by atoms with Crippen molar-refractivity contribution in [3.05, 3.63) is 34.1 Å². The number of nitrogens with one attached hydrogen (secondary N) is 1. The molecule has 0 unspecified atom stereocenters. The summed E-state index contributed by atoms with van der Waals surface area (Å²) < 4.78 is 14.1. The fourth-order valence-corrected chi connectivity index (χ4v) is 3.30. The van der Waals surface area contributed by atoms with Gasteiger partial charge < -0.3 is 5.32 Å². The van der Waals surface area contributed by atoms with Gasteiger partial charge in [-0.05, 0) is 30.0 Å². The molecule has 0 radical (unpaired) electrons. The van der Waals surface area contributed by atoms with Crippen LogP contribution >= 0.6 is 28.3 Å². The Labute approximate surface area is 135 Å². The fourth-order valence-electron chi connectivity index (χ4n) is 2.68. The predicted molar refractivity (Wildman–Crippen MR) is 88.0 cm³/mol. The summed E-state index contributed by atoms with van der Waals surface area (Å²) in [5, 5.41) is 3.38. The second-order valence-electron chi connectivity index (χ2n) is 5.60. The van der Waals surface area contributed by atoms with Crippen LogP contribution in [0.25, 0.3) is 0 Å². The molecular formula is C15H23BrClFN2. The van der Waals surface area contributed by atoms with Crippen LogP contribution in [0.1, 0.15) is 31.9 Å². The average molecular weight is 366 g/mol. The first kappa shape index (κ1) is 17.9. The van der Waals surface area contributed by atoms with Crippen LogP contribution in [0.4, 0.5) is 4.39 Å². The number of hydrogen-bond donors (Lipinski definition) is 1. The van der Waals surface area contributed by atoms with Gasteiger partial charge >= 0.3 is 0 Å². The van der Waals surface area contributed by atoms with E-state index in [0.29, 0.717) is 12.0 Å². The van der Waals surface area contributed by atoms with E-state index in [1.54, 1.807) is 12.1 Å². The van der Waals surface area contributed by atoms with Crippen molar-refractivity contribution >= 4 is 28.3 Å². The monoisotopic (exact) mass is 364 g/mol.